The third-order valence-corrected chi connectivity index (χ3v) is 7.72. The van der Waals surface area contributed by atoms with Gasteiger partial charge in [0.1, 0.15) is 14.8 Å². The zero-order valence-electron chi connectivity index (χ0n) is 16.7. The fraction of sp³-hybridized carbons (Fsp3) is 0.0833. The lowest BCUT2D eigenvalue weighted by atomic mass is 10.1. The molecule has 0 aliphatic carbocycles. The van der Waals surface area contributed by atoms with Crippen LogP contribution in [0.1, 0.15) is 26.4 Å². The number of thioether (sulfide) groups is 1. The van der Waals surface area contributed by atoms with Crippen molar-refractivity contribution >= 4 is 50.5 Å². The lowest BCUT2D eigenvalue weighted by Gasteiger charge is -2.02. The van der Waals surface area contributed by atoms with Crippen molar-refractivity contribution in [3.63, 3.8) is 0 Å². The number of pyridine rings is 1. The number of nitrogen functional groups attached to an aromatic ring is 1. The molecule has 2 N–H and O–H groups in total. The van der Waals surface area contributed by atoms with Crippen LogP contribution in [-0.2, 0) is 5.75 Å². The second-order valence-electron chi connectivity index (χ2n) is 6.87. The Labute approximate surface area is 209 Å². The van der Waals surface area contributed by atoms with Gasteiger partial charge in [0.2, 0.25) is 5.78 Å². The molecule has 158 valence electrons. The van der Waals surface area contributed by atoms with Gasteiger partial charge in [0.05, 0.1) is 0 Å². The Morgan fingerprint density at radius 3 is 2.32 bits per heavy atom. The van der Waals surface area contributed by atoms with E-state index < -0.39 is 0 Å². The van der Waals surface area contributed by atoms with E-state index >= 15 is 0 Å². The fourth-order valence-corrected chi connectivity index (χ4v) is 5.72. The first kappa shape index (κ1) is 23.7. The third kappa shape index (κ3) is 5.47. The topological polar surface area (TPSA) is 47.0 Å². The highest BCUT2D eigenvalue weighted by Crippen LogP contribution is 2.40. The van der Waals surface area contributed by atoms with E-state index in [-0.39, 0.29) is 22.8 Å². The molecule has 0 aliphatic heterocycles. The van der Waals surface area contributed by atoms with Crippen LogP contribution < -0.4 is 27.3 Å². The number of anilines is 1. The predicted molar refractivity (Wildman–Crippen MR) is 129 cm³/mol. The molecule has 0 unspecified atom stereocenters. The van der Waals surface area contributed by atoms with Crippen molar-refractivity contribution in [3.8, 4) is 5.69 Å². The van der Waals surface area contributed by atoms with Crippen LogP contribution in [0.3, 0.4) is 0 Å². The molecule has 0 atom stereocenters. The monoisotopic (exact) mass is 574 g/mol. The van der Waals surface area contributed by atoms with E-state index in [9.17, 15) is 4.79 Å². The number of hydrogen-bond donors (Lipinski definition) is 1. The molecule has 0 saturated carbocycles. The number of halogens is 2. The van der Waals surface area contributed by atoms with Crippen LogP contribution in [0.15, 0.2) is 87.8 Å². The largest absolute Gasteiger partial charge is 1.00 e. The van der Waals surface area contributed by atoms with E-state index in [1.54, 1.807) is 11.8 Å². The number of carbonyl (C=O) groups is 1. The highest BCUT2D eigenvalue weighted by atomic mass is 79.9. The number of ketones is 1. The first-order valence-corrected chi connectivity index (χ1v) is 12.0. The lowest BCUT2D eigenvalue weighted by Crippen LogP contribution is -3.00. The van der Waals surface area contributed by atoms with Gasteiger partial charge in [0.25, 0.3) is 5.69 Å². The Bertz CT molecular complexity index is 1170. The number of nitrogens with zero attached hydrogens (tertiary/aromatic N) is 1. The van der Waals surface area contributed by atoms with E-state index in [0.717, 1.165) is 20.1 Å². The maximum absolute atomic E-state index is 13.2. The number of thiophene rings is 1. The zero-order valence-corrected chi connectivity index (χ0v) is 21.5. The molecule has 7 heteroatoms. The molecular formula is C24H20Br2N2OS2. The average Bonchev–Trinajstić information content (AvgIpc) is 3.10. The van der Waals surface area contributed by atoms with Gasteiger partial charge in [0, 0.05) is 27.9 Å². The minimum Gasteiger partial charge on any atom is -1.00 e. The molecule has 0 radical (unpaired) electrons. The smallest absolute Gasteiger partial charge is 0.259 e. The Morgan fingerprint density at radius 1 is 1.03 bits per heavy atom. The van der Waals surface area contributed by atoms with Crippen LogP contribution in [0.2, 0.25) is 0 Å². The minimum atomic E-state index is -0.0510. The summed E-state index contributed by atoms with van der Waals surface area (Å²) in [5.74, 6) is 0.761. The van der Waals surface area contributed by atoms with Crippen molar-refractivity contribution < 1.29 is 26.3 Å². The molecule has 2 aromatic heterocycles. The maximum Gasteiger partial charge on any atom is 0.259 e. The van der Waals surface area contributed by atoms with Crippen molar-refractivity contribution in [3.05, 3.63) is 105 Å². The molecule has 2 aromatic carbocycles. The molecule has 31 heavy (non-hydrogen) atoms. The van der Waals surface area contributed by atoms with Gasteiger partial charge in [-0.2, -0.15) is 4.57 Å². The van der Waals surface area contributed by atoms with Crippen LogP contribution in [0, 0.1) is 6.92 Å². The van der Waals surface area contributed by atoms with Crippen molar-refractivity contribution in [2.24, 2.45) is 0 Å². The van der Waals surface area contributed by atoms with Gasteiger partial charge in [-0.3, -0.25) is 4.79 Å². The first-order chi connectivity index (χ1) is 14.5. The van der Waals surface area contributed by atoms with Crippen molar-refractivity contribution in [1.82, 2.24) is 0 Å². The van der Waals surface area contributed by atoms with Gasteiger partial charge >= 0.3 is 0 Å². The molecule has 2 heterocycles. The highest BCUT2D eigenvalue weighted by Gasteiger charge is 2.28. The van der Waals surface area contributed by atoms with Gasteiger partial charge in [-0.1, -0.05) is 51.8 Å². The van der Waals surface area contributed by atoms with Crippen LogP contribution in [0.4, 0.5) is 5.69 Å². The van der Waals surface area contributed by atoms with E-state index in [1.165, 1.54) is 22.5 Å². The molecular weight excluding hydrogens is 556 g/mol. The second-order valence-corrected chi connectivity index (χ2v) is 10.1. The summed E-state index contributed by atoms with van der Waals surface area (Å²) in [5.41, 5.74) is 11.0. The van der Waals surface area contributed by atoms with E-state index in [1.807, 2.05) is 59.4 Å². The summed E-state index contributed by atoms with van der Waals surface area (Å²) in [6, 6.07) is 21.8. The molecule has 0 saturated heterocycles. The van der Waals surface area contributed by atoms with Gasteiger partial charge in [-0.05, 0) is 36.8 Å². The van der Waals surface area contributed by atoms with Crippen molar-refractivity contribution in [2.75, 3.05) is 5.73 Å². The first-order valence-electron chi connectivity index (χ1n) is 9.40. The number of carbonyl (C=O) groups excluding carboxylic acids is 1. The van der Waals surface area contributed by atoms with Gasteiger partial charge < -0.3 is 22.7 Å². The summed E-state index contributed by atoms with van der Waals surface area (Å²) in [6.45, 7) is 2.08. The summed E-state index contributed by atoms with van der Waals surface area (Å²) in [7, 11) is 0. The molecule has 0 amide bonds. The average molecular weight is 576 g/mol. The van der Waals surface area contributed by atoms with E-state index in [2.05, 4.69) is 47.1 Å². The number of aryl methyl sites for hydroxylation is 1. The van der Waals surface area contributed by atoms with Gasteiger partial charge in [-0.15, -0.1) is 23.1 Å². The number of aromatic nitrogens is 1. The Morgan fingerprint density at radius 2 is 1.68 bits per heavy atom. The lowest BCUT2D eigenvalue weighted by molar-refractivity contribution is -0.596. The van der Waals surface area contributed by atoms with Crippen molar-refractivity contribution in [1.29, 1.82) is 0 Å². The van der Waals surface area contributed by atoms with E-state index in [0.29, 0.717) is 16.1 Å². The fourth-order valence-electron chi connectivity index (χ4n) is 3.04. The summed E-state index contributed by atoms with van der Waals surface area (Å²) in [4.78, 5) is 13.8. The Hall–Kier alpha value is -1.93. The van der Waals surface area contributed by atoms with Gasteiger partial charge in [-0.25, -0.2) is 0 Å². The highest BCUT2D eigenvalue weighted by molar-refractivity contribution is 9.10. The quantitative estimate of drug-likeness (QED) is 0.218. The summed E-state index contributed by atoms with van der Waals surface area (Å²) in [6.07, 6.45) is 3.92. The SMILES string of the molecule is Cc1ccc(CSc2sc(C(=O)c3ccc(Br)cc3)c(N)c2-[n+]2ccccc2)cc1.[Br-]. The summed E-state index contributed by atoms with van der Waals surface area (Å²) >= 11 is 6.59. The number of nitrogens with two attached hydrogens (primary N) is 1. The minimum absolute atomic E-state index is 0. The van der Waals surface area contributed by atoms with Crippen molar-refractivity contribution in [2.45, 2.75) is 16.9 Å². The summed E-state index contributed by atoms with van der Waals surface area (Å²) < 4.78 is 3.96. The molecule has 0 spiro atoms. The van der Waals surface area contributed by atoms with E-state index in [4.69, 9.17) is 5.73 Å². The summed E-state index contributed by atoms with van der Waals surface area (Å²) in [5, 5.41) is 0. The molecule has 0 bridgehead atoms. The van der Waals surface area contributed by atoms with Crippen LogP contribution in [0.25, 0.3) is 5.69 Å². The molecule has 4 rings (SSSR count). The standard InChI is InChI=1S/C24H19BrN2OS2.BrH/c1-16-5-7-17(8-6-16)15-29-24-21(27-13-3-2-4-14-27)20(26)23(30-24)22(28)18-9-11-19(25)12-10-18;/h2-14H,15H2,1H3,(H-,26,28);1H. The Balaban J connectivity index is 0.00000272. The number of benzene rings is 2. The number of hydrogen-bond acceptors (Lipinski definition) is 4. The predicted octanol–water partition coefficient (Wildman–Crippen LogP) is 3.21. The van der Waals surface area contributed by atoms with Gasteiger partial charge in [0.15, 0.2) is 12.4 Å². The molecule has 3 nitrogen and oxygen atoms in total. The molecule has 4 aromatic rings. The molecule has 0 fully saturated rings. The molecule has 0 aliphatic rings. The normalized spacial score (nSPS) is 10.5. The number of rotatable bonds is 6. The zero-order chi connectivity index (χ0) is 21.1. The third-order valence-electron chi connectivity index (χ3n) is 4.66. The maximum atomic E-state index is 13.2. The van der Waals surface area contributed by atoms with Crippen LogP contribution in [0.5, 0.6) is 0 Å². The Kier molecular flexibility index (Phi) is 8.11. The van der Waals surface area contributed by atoms with Crippen LogP contribution in [-0.4, -0.2) is 5.78 Å². The second kappa shape index (κ2) is 10.6. The van der Waals surface area contributed by atoms with Crippen LogP contribution >= 0.6 is 39.0 Å².